The van der Waals surface area contributed by atoms with E-state index in [1.807, 2.05) is 24.3 Å². The van der Waals surface area contributed by atoms with Gasteiger partial charge in [0.2, 0.25) is 0 Å². The van der Waals surface area contributed by atoms with Crippen LogP contribution < -0.4 is 10.1 Å². The number of benzene rings is 1. The molecule has 3 heteroatoms. The van der Waals surface area contributed by atoms with E-state index in [2.05, 4.69) is 12.2 Å². The van der Waals surface area contributed by atoms with Crippen molar-refractivity contribution >= 4 is 5.69 Å². The Morgan fingerprint density at radius 2 is 2.22 bits per heavy atom. The van der Waals surface area contributed by atoms with Crippen LogP contribution in [0.3, 0.4) is 0 Å². The van der Waals surface area contributed by atoms with Crippen LogP contribution in [0.15, 0.2) is 24.3 Å². The summed E-state index contributed by atoms with van der Waals surface area (Å²) in [7, 11) is 1.68. The van der Waals surface area contributed by atoms with Gasteiger partial charge in [-0.25, -0.2) is 0 Å². The summed E-state index contributed by atoms with van der Waals surface area (Å²) in [4.78, 5) is 0. The monoisotopic (exact) mass is 249 g/mol. The Labute approximate surface area is 109 Å². The van der Waals surface area contributed by atoms with Crippen LogP contribution in [0.4, 0.5) is 5.69 Å². The molecule has 2 N–H and O–H groups in total. The van der Waals surface area contributed by atoms with Gasteiger partial charge in [0.25, 0.3) is 0 Å². The van der Waals surface area contributed by atoms with Crippen molar-refractivity contribution in [2.45, 2.75) is 38.1 Å². The van der Waals surface area contributed by atoms with Gasteiger partial charge in [-0.05, 0) is 37.3 Å². The molecule has 0 aromatic heterocycles. The molecule has 0 radical (unpaired) electrons. The van der Waals surface area contributed by atoms with Crippen molar-refractivity contribution in [3.63, 3.8) is 0 Å². The van der Waals surface area contributed by atoms with Gasteiger partial charge in [-0.15, -0.1) is 0 Å². The fourth-order valence-electron chi connectivity index (χ4n) is 2.92. The summed E-state index contributed by atoms with van der Waals surface area (Å²) in [6.45, 7) is 2.41. The predicted molar refractivity (Wildman–Crippen MR) is 74.1 cm³/mol. The van der Waals surface area contributed by atoms with Gasteiger partial charge < -0.3 is 15.2 Å². The summed E-state index contributed by atoms with van der Waals surface area (Å²) in [6, 6.07) is 7.90. The van der Waals surface area contributed by atoms with Crippen LogP contribution in [0.5, 0.6) is 5.75 Å². The van der Waals surface area contributed by atoms with Crippen LogP contribution in [-0.2, 0) is 0 Å². The number of ether oxygens (including phenoxy) is 1. The number of nitrogens with one attached hydrogen (secondary N) is 1. The number of para-hydroxylation sites is 2. The molecule has 0 saturated heterocycles. The number of aliphatic hydroxyl groups excluding tert-OH is 1. The molecule has 100 valence electrons. The van der Waals surface area contributed by atoms with Crippen LogP contribution in [0.1, 0.15) is 32.6 Å². The number of methoxy groups -OCH3 is 1. The van der Waals surface area contributed by atoms with Crippen molar-refractivity contribution in [1.29, 1.82) is 0 Å². The topological polar surface area (TPSA) is 41.5 Å². The Morgan fingerprint density at radius 3 is 2.83 bits per heavy atom. The molecule has 1 aromatic carbocycles. The summed E-state index contributed by atoms with van der Waals surface area (Å²) in [5.74, 6) is 1.56. The zero-order chi connectivity index (χ0) is 13.0. The summed E-state index contributed by atoms with van der Waals surface area (Å²) in [6.07, 6.45) is 4.45. The molecule has 1 aromatic rings. The summed E-state index contributed by atoms with van der Waals surface area (Å²) >= 11 is 0. The third-order valence-electron chi connectivity index (χ3n) is 4.10. The highest BCUT2D eigenvalue weighted by atomic mass is 16.5. The first-order valence-electron chi connectivity index (χ1n) is 6.75. The van der Waals surface area contributed by atoms with E-state index in [0.29, 0.717) is 0 Å². The lowest BCUT2D eigenvalue weighted by atomic mass is 9.95. The van der Waals surface area contributed by atoms with Crippen LogP contribution in [-0.4, -0.2) is 24.4 Å². The van der Waals surface area contributed by atoms with Gasteiger partial charge in [-0.2, -0.15) is 0 Å². The second-order valence-corrected chi connectivity index (χ2v) is 5.28. The van der Waals surface area contributed by atoms with Gasteiger partial charge in [0.15, 0.2) is 0 Å². The van der Waals surface area contributed by atoms with Crippen molar-refractivity contribution in [1.82, 2.24) is 0 Å². The van der Waals surface area contributed by atoms with E-state index in [1.165, 1.54) is 12.8 Å². The maximum absolute atomic E-state index is 9.75. The Morgan fingerprint density at radius 1 is 1.44 bits per heavy atom. The first-order chi connectivity index (χ1) is 8.73. The van der Waals surface area contributed by atoms with E-state index in [1.54, 1.807) is 7.11 Å². The van der Waals surface area contributed by atoms with Gasteiger partial charge in [0.1, 0.15) is 5.75 Å². The maximum atomic E-state index is 9.75. The molecule has 0 amide bonds. The van der Waals surface area contributed by atoms with E-state index in [0.717, 1.165) is 30.2 Å². The van der Waals surface area contributed by atoms with Gasteiger partial charge in [0.05, 0.1) is 24.9 Å². The average molecular weight is 249 g/mol. The van der Waals surface area contributed by atoms with Crippen molar-refractivity contribution in [2.24, 2.45) is 5.92 Å². The molecule has 1 aliphatic carbocycles. The third-order valence-corrected chi connectivity index (χ3v) is 4.10. The second-order valence-electron chi connectivity index (χ2n) is 5.28. The molecule has 3 nitrogen and oxygen atoms in total. The summed E-state index contributed by atoms with van der Waals surface area (Å²) in [5, 5.41) is 13.3. The van der Waals surface area contributed by atoms with E-state index in [-0.39, 0.29) is 12.1 Å². The molecule has 1 saturated carbocycles. The second kappa shape index (κ2) is 5.61. The fourth-order valence-corrected chi connectivity index (χ4v) is 2.92. The smallest absolute Gasteiger partial charge is 0.141 e. The first-order valence-corrected chi connectivity index (χ1v) is 6.75. The van der Waals surface area contributed by atoms with E-state index >= 15 is 0 Å². The molecule has 1 fully saturated rings. The highest BCUT2D eigenvalue weighted by molar-refractivity contribution is 5.57. The SMILES string of the molecule is CCC1CCC(CO)(Nc2ccccc2OC)C1. The van der Waals surface area contributed by atoms with Crippen LogP contribution >= 0.6 is 0 Å². The average Bonchev–Trinajstić information content (AvgIpc) is 2.83. The number of anilines is 1. The number of aliphatic hydroxyl groups is 1. The Balaban J connectivity index is 2.15. The maximum Gasteiger partial charge on any atom is 0.141 e. The molecule has 0 bridgehead atoms. The Bertz CT molecular complexity index is 394. The zero-order valence-electron chi connectivity index (χ0n) is 11.3. The fraction of sp³-hybridized carbons (Fsp3) is 0.600. The minimum atomic E-state index is -0.171. The molecule has 0 heterocycles. The predicted octanol–water partition coefficient (Wildman–Crippen LogP) is 3.05. The zero-order valence-corrected chi connectivity index (χ0v) is 11.3. The largest absolute Gasteiger partial charge is 0.495 e. The minimum Gasteiger partial charge on any atom is -0.495 e. The highest BCUT2D eigenvalue weighted by Gasteiger charge is 2.38. The van der Waals surface area contributed by atoms with Crippen LogP contribution in [0, 0.1) is 5.92 Å². The molecule has 18 heavy (non-hydrogen) atoms. The minimum absolute atomic E-state index is 0.171. The molecule has 2 rings (SSSR count). The van der Waals surface area contributed by atoms with Gasteiger partial charge in [0, 0.05) is 0 Å². The van der Waals surface area contributed by atoms with Gasteiger partial charge in [-0.1, -0.05) is 25.5 Å². The van der Waals surface area contributed by atoms with Crippen molar-refractivity contribution in [3.8, 4) is 5.75 Å². The van der Waals surface area contributed by atoms with Crippen LogP contribution in [0.25, 0.3) is 0 Å². The van der Waals surface area contributed by atoms with Crippen molar-refractivity contribution in [3.05, 3.63) is 24.3 Å². The summed E-state index contributed by atoms with van der Waals surface area (Å²) < 4.78 is 5.35. The van der Waals surface area contributed by atoms with E-state index in [9.17, 15) is 5.11 Å². The molecular formula is C15H23NO2. The standard InChI is InChI=1S/C15H23NO2/c1-3-12-8-9-15(10-12,11-17)16-13-6-4-5-7-14(13)18-2/h4-7,12,16-17H,3,8-11H2,1-2H3. The molecule has 1 aliphatic rings. The van der Waals surface area contributed by atoms with Gasteiger partial charge in [-0.3, -0.25) is 0 Å². The number of hydrogen-bond acceptors (Lipinski definition) is 3. The molecule has 0 spiro atoms. The number of hydrogen-bond donors (Lipinski definition) is 2. The lowest BCUT2D eigenvalue weighted by Crippen LogP contribution is -2.39. The lowest BCUT2D eigenvalue weighted by molar-refractivity contribution is 0.209. The third kappa shape index (κ3) is 2.61. The number of rotatable bonds is 5. The molecule has 0 aliphatic heterocycles. The molecular weight excluding hydrogens is 226 g/mol. The highest BCUT2D eigenvalue weighted by Crippen LogP contribution is 2.40. The Hall–Kier alpha value is -1.22. The molecule has 2 atom stereocenters. The summed E-state index contributed by atoms with van der Waals surface area (Å²) in [5.41, 5.74) is 0.806. The van der Waals surface area contributed by atoms with E-state index < -0.39 is 0 Å². The Kier molecular flexibility index (Phi) is 4.12. The normalized spacial score (nSPS) is 27.2. The molecule has 2 unspecified atom stereocenters. The first kappa shape index (κ1) is 13.2. The quantitative estimate of drug-likeness (QED) is 0.842. The van der Waals surface area contributed by atoms with Crippen LogP contribution in [0.2, 0.25) is 0 Å². The van der Waals surface area contributed by atoms with E-state index in [4.69, 9.17) is 4.74 Å². The van der Waals surface area contributed by atoms with Gasteiger partial charge >= 0.3 is 0 Å². The van der Waals surface area contributed by atoms with Crippen molar-refractivity contribution < 1.29 is 9.84 Å². The van der Waals surface area contributed by atoms with Crippen molar-refractivity contribution in [2.75, 3.05) is 19.0 Å². The lowest BCUT2D eigenvalue weighted by Gasteiger charge is -2.30.